The van der Waals surface area contributed by atoms with E-state index < -0.39 is 0 Å². The molecule has 5 nitrogen and oxygen atoms in total. The molecule has 2 atom stereocenters. The number of hydrogen-bond acceptors (Lipinski definition) is 3. The van der Waals surface area contributed by atoms with Crippen LogP contribution in [-0.4, -0.2) is 59.9 Å². The molecule has 2 fully saturated rings. The topological polar surface area (TPSA) is 52.7 Å². The second kappa shape index (κ2) is 6.12. The lowest BCUT2D eigenvalue weighted by molar-refractivity contribution is -0.146. The van der Waals surface area contributed by atoms with Gasteiger partial charge in [0.25, 0.3) is 0 Å². The number of carbonyl (C=O) groups excluding carboxylic acids is 2. The van der Waals surface area contributed by atoms with Crippen LogP contribution >= 0.6 is 0 Å². The molecule has 0 aromatic rings. The second-order valence-electron chi connectivity index (χ2n) is 6.75. The summed E-state index contributed by atoms with van der Waals surface area (Å²) in [6, 6.07) is 0.211. The molecule has 0 radical (unpaired) electrons. The molecule has 2 heterocycles. The Hall–Kier alpha value is -1.10. The second-order valence-corrected chi connectivity index (χ2v) is 6.75. The Labute approximate surface area is 121 Å². The van der Waals surface area contributed by atoms with Crippen molar-refractivity contribution >= 4 is 11.8 Å². The number of hydrogen-bond donors (Lipinski definition) is 1. The lowest BCUT2D eigenvalue weighted by Crippen LogP contribution is -2.60. The molecule has 2 aliphatic rings. The van der Waals surface area contributed by atoms with Crippen molar-refractivity contribution in [1.82, 2.24) is 15.1 Å². The molecule has 0 spiro atoms. The number of piperazine rings is 1. The molecule has 0 saturated carbocycles. The minimum absolute atomic E-state index is 0.0259. The fourth-order valence-corrected chi connectivity index (χ4v) is 3.13. The molecule has 2 unspecified atom stereocenters. The zero-order valence-corrected chi connectivity index (χ0v) is 13.1. The Morgan fingerprint density at radius 2 is 1.95 bits per heavy atom. The van der Waals surface area contributed by atoms with Crippen LogP contribution in [0.1, 0.15) is 34.1 Å². The molecule has 0 aliphatic carbocycles. The Balaban J connectivity index is 1.95. The van der Waals surface area contributed by atoms with Crippen molar-refractivity contribution in [3.8, 4) is 0 Å². The van der Waals surface area contributed by atoms with E-state index in [1.165, 1.54) is 0 Å². The summed E-state index contributed by atoms with van der Waals surface area (Å²) in [6.07, 6.45) is 1.12. The van der Waals surface area contributed by atoms with Crippen molar-refractivity contribution < 1.29 is 9.59 Å². The highest BCUT2D eigenvalue weighted by Gasteiger charge is 2.36. The van der Waals surface area contributed by atoms with E-state index in [-0.39, 0.29) is 30.3 Å². The van der Waals surface area contributed by atoms with Crippen LogP contribution in [0.4, 0.5) is 0 Å². The van der Waals surface area contributed by atoms with Gasteiger partial charge in [-0.1, -0.05) is 13.8 Å². The highest BCUT2D eigenvalue weighted by atomic mass is 16.2. The van der Waals surface area contributed by atoms with Crippen molar-refractivity contribution in [2.24, 2.45) is 11.8 Å². The van der Waals surface area contributed by atoms with Gasteiger partial charge in [-0.2, -0.15) is 0 Å². The normalized spacial score (nSPS) is 28.6. The number of carbonyl (C=O) groups is 2. The lowest BCUT2D eigenvalue weighted by atomic mass is 9.99. The highest BCUT2D eigenvalue weighted by Crippen LogP contribution is 2.21. The summed E-state index contributed by atoms with van der Waals surface area (Å²) in [6.45, 7) is 11.4. The van der Waals surface area contributed by atoms with Crippen LogP contribution in [0.2, 0.25) is 0 Å². The van der Waals surface area contributed by atoms with Gasteiger partial charge < -0.3 is 15.1 Å². The van der Waals surface area contributed by atoms with Gasteiger partial charge in [0.05, 0.1) is 6.54 Å². The molecule has 2 aliphatic heterocycles. The van der Waals surface area contributed by atoms with Crippen LogP contribution in [0, 0.1) is 11.8 Å². The molecule has 0 aromatic heterocycles. The van der Waals surface area contributed by atoms with Gasteiger partial charge >= 0.3 is 0 Å². The lowest BCUT2D eigenvalue weighted by Gasteiger charge is -2.35. The van der Waals surface area contributed by atoms with E-state index in [0.29, 0.717) is 12.0 Å². The Morgan fingerprint density at radius 3 is 2.50 bits per heavy atom. The molecule has 114 valence electrons. The maximum absolute atomic E-state index is 12.4. The van der Waals surface area contributed by atoms with Crippen molar-refractivity contribution in [2.75, 3.05) is 26.2 Å². The van der Waals surface area contributed by atoms with Gasteiger partial charge in [0.2, 0.25) is 11.8 Å². The first-order chi connectivity index (χ1) is 9.38. The minimum Gasteiger partial charge on any atom is -0.343 e. The molecule has 2 rings (SSSR count). The van der Waals surface area contributed by atoms with Crippen LogP contribution in [0.15, 0.2) is 0 Å². The standard InChI is InChI=1S/C15H27N3O2/c1-10(2)14-15(20)18(9-13(19)16-14)8-12-5-6-17(7-12)11(3)4/h10-12,14H,5-9H2,1-4H3,(H,16,19). The Morgan fingerprint density at radius 1 is 1.25 bits per heavy atom. The molecular formula is C15H27N3O2. The monoisotopic (exact) mass is 281 g/mol. The van der Waals surface area contributed by atoms with E-state index in [1.54, 1.807) is 4.90 Å². The Bertz CT molecular complexity index is 381. The zero-order valence-electron chi connectivity index (χ0n) is 13.1. The van der Waals surface area contributed by atoms with Gasteiger partial charge in [-0.05, 0) is 38.6 Å². The van der Waals surface area contributed by atoms with Crippen LogP contribution in [0.5, 0.6) is 0 Å². The number of likely N-dealkylation sites (tertiary alicyclic amines) is 1. The van der Waals surface area contributed by atoms with Crippen molar-refractivity contribution in [2.45, 2.75) is 46.2 Å². The Kier molecular flexibility index (Phi) is 4.68. The van der Waals surface area contributed by atoms with E-state index in [0.717, 1.165) is 26.1 Å². The maximum atomic E-state index is 12.4. The van der Waals surface area contributed by atoms with Crippen LogP contribution in [0.25, 0.3) is 0 Å². The van der Waals surface area contributed by atoms with E-state index in [9.17, 15) is 9.59 Å². The maximum Gasteiger partial charge on any atom is 0.245 e. The number of nitrogens with zero attached hydrogens (tertiary/aromatic N) is 2. The van der Waals surface area contributed by atoms with E-state index in [2.05, 4.69) is 24.1 Å². The summed E-state index contributed by atoms with van der Waals surface area (Å²) in [5.74, 6) is 0.703. The highest BCUT2D eigenvalue weighted by molar-refractivity contribution is 5.94. The largest absolute Gasteiger partial charge is 0.343 e. The fourth-order valence-electron chi connectivity index (χ4n) is 3.13. The van der Waals surface area contributed by atoms with Gasteiger partial charge in [0, 0.05) is 19.1 Å². The smallest absolute Gasteiger partial charge is 0.245 e. The molecule has 2 amide bonds. The van der Waals surface area contributed by atoms with E-state index in [4.69, 9.17) is 0 Å². The average Bonchev–Trinajstić information content (AvgIpc) is 2.81. The molecular weight excluding hydrogens is 254 g/mol. The van der Waals surface area contributed by atoms with Gasteiger partial charge in [0.15, 0.2) is 0 Å². The minimum atomic E-state index is -0.348. The number of rotatable bonds is 4. The summed E-state index contributed by atoms with van der Waals surface area (Å²) in [5.41, 5.74) is 0. The molecule has 2 saturated heterocycles. The van der Waals surface area contributed by atoms with E-state index >= 15 is 0 Å². The number of nitrogens with one attached hydrogen (secondary N) is 1. The van der Waals surface area contributed by atoms with Gasteiger partial charge in [0.1, 0.15) is 6.04 Å². The van der Waals surface area contributed by atoms with Gasteiger partial charge in [-0.3, -0.25) is 9.59 Å². The molecule has 1 N–H and O–H groups in total. The van der Waals surface area contributed by atoms with Crippen LogP contribution in [-0.2, 0) is 9.59 Å². The van der Waals surface area contributed by atoms with E-state index in [1.807, 2.05) is 13.8 Å². The summed E-state index contributed by atoms with van der Waals surface area (Å²) < 4.78 is 0. The van der Waals surface area contributed by atoms with Crippen molar-refractivity contribution in [3.63, 3.8) is 0 Å². The summed E-state index contributed by atoms with van der Waals surface area (Å²) in [5, 5.41) is 2.81. The third kappa shape index (κ3) is 3.32. The summed E-state index contributed by atoms with van der Waals surface area (Å²) in [7, 11) is 0. The van der Waals surface area contributed by atoms with Crippen molar-refractivity contribution in [3.05, 3.63) is 0 Å². The summed E-state index contributed by atoms with van der Waals surface area (Å²) in [4.78, 5) is 28.4. The number of amides is 2. The van der Waals surface area contributed by atoms with Gasteiger partial charge in [-0.25, -0.2) is 0 Å². The molecule has 5 heteroatoms. The first-order valence-corrected chi connectivity index (χ1v) is 7.70. The molecule has 20 heavy (non-hydrogen) atoms. The zero-order chi connectivity index (χ0) is 14.9. The van der Waals surface area contributed by atoms with Crippen LogP contribution < -0.4 is 5.32 Å². The predicted octanol–water partition coefficient (Wildman–Crippen LogP) is 0.700. The predicted molar refractivity (Wildman–Crippen MR) is 78.2 cm³/mol. The molecule has 0 bridgehead atoms. The average molecular weight is 281 g/mol. The third-order valence-corrected chi connectivity index (χ3v) is 4.42. The first kappa shape index (κ1) is 15.3. The van der Waals surface area contributed by atoms with Crippen LogP contribution in [0.3, 0.4) is 0 Å². The van der Waals surface area contributed by atoms with Crippen molar-refractivity contribution in [1.29, 1.82) is 0 Å². The fraction of sp³-hybridized carbons (Fsp3) is 0.867. The SMILES string of the molecule is CC(C)C1NC(=O)CN(CC2CCN(C(C)C)C2)C1=O. The van der Waals surface area contributed by atoms with Gasteiger partial charge in [-0.15, -0.1) is 0 Å². The summed E-state index contributed by atoms with van der Waals surface area (Å²) >= 11 is 0. The molecule has 0 aromatic carbocycles. The first-order valence-electron chi connectivity index (χ1n) is 7.70. The quantitative estimate of drug-likeness (QED) is 0.825. The third-order valence-electron chi connectivity index (χ3n) is 4.42.